The van der Waals surface area contributed by atoms with Gasteiger partial charge in [0.15, 0.2) is 0 Å². The number of nitrogens with one attached hydrogen (secondary N) is 2. The number of rotatable bonds is 5. The van der Waals surface area contributed by atoms with Gasteiger partial charge in [0.25, 0.3) is 0 Å². The molecule has 1 unspecified atom stereocenters. The topological polar surface area (TPSA) is 89.0 Å². The van der Waals surface area contributed by atoms with Crippen molar-refractivity contribution < 1.29 is 9.53 Å². The number of ether oxygens (including phenoxy) is 1. The predicted molar refractivity (Wildman–Crippen MR) is 80.4 cm³/mol. The first-order valence-corrected chi connectivity index (χ1v) is 7.10. The summed E-state index contributed by atoms with van der Waals surface area (Å²) in [5.41, 5.74) is 1.58. The fraction of sp³-hybridized carbons (Fsp3) is 0.333. The van der Waals surface area contributed by atoms with Crippen molar-refractivity contribution in [3.63, 3.8) is 0 Å². The number of carbonyl (C=O) groups is 1. The van der Waals surface area contributed by atoms with Crippen LogP contribution in [0.4, 0.5) is 10.5 Å². The highest BCUT2D eigenvalue weighted by Gasteiger charge is 2.33. The molecule has 0 bridgehead atoms. The Morgan fingerprint density at radius 2 is 2.14 bits per heavy atom. The van der Waals surface area contributed by atoms with Gasteiger partial charge in [-0.1, -0.05) is 6.07 Å². The lowest BCUT2D eigenvalue weighted by atomic mass is 10.0. The van der Waals surface area contributed by atoms with E-state index >= 15 is 0 Å². The van der Waals surface area contributed by atoms with Gasteiger partial charge < -0.3 is 15.4 Å². The van der Waals surface area contributed by atoms with Gasteiger partial charge in [-0.15, -0.1) is 0 Å². The van der Waals surface area contributed by atoms with Crippen LogP contribution in [0.3, 0.4) is 0 Å². The minimum absolute atomic E-state index is 0.0480. The molecule has 0 saturated heterocycles. The lowest BCUT2D eigenvalue weighted by Gasteiger charge is -2.19. The maximum Gasteiger partial charge on any atom is 0.319 e. The van der Waals surface area contributed by atoms with Gasteiger partial charge in [-0.2, -0.15) is 10.2 Å². The summed E-state index contributed by atoms with van der Waals surface area (Å²) in [7, 11) is 1.58. The van der Waals surface area contributed by atoms with Gasteiger partial charge in [-0.25, -0.2) is 9.78 Å². The smallest absolute Gasteiger partial charge is 0.319 e. The summed E-state index contributed by atoms with van der Waals surface area (Å²) in [5, 5.41) is 13.2. The van der Waals surface area contributed by atoms with Crippen LogP contribution >= 0.6 is 0 Å². The van der Waals surface area contributed by atoms with E-state index in [1.807, 2.05) is 6.07 Å². The molecule has 2 N–H and O–H groups in total. The third-order valence-electron chi connectivity index (χ3n) is 3.55. The van der Waals surface area contributed by atoms with E-state index in [9.17, 15) is 4.79 Å². The molecule has 1 aliphatic rings. The molecule has 1 atom stereocenters. The zero-order chi connectivity index (χ0) is 15.4. The van der Waals surface area contributed by atoms with Crippen LogP contribution in [0.25, 0.3) is 0 Å². The van der Waals surface area contributed by atoms with Crippen LogP contribution in [0.5, 0.6) is 5.88 Å². The summed E-state index contributed by atoms with van der Waals surface area (Å²) in [6.45, 7) is 0. The van der Waals surface area contributed by atoms with Crippen molar-refractivity contribution in [3.8, 4) is 5.88 Å². The van der Waals surface area contributed by atoms with Gasteiger partial charge in [-0.3, -0.25) is 0 Å². The van der Waals surface area contributed by atoms with Crippen molar-refractivity contribution >= 4 is 11.7 Å². The Bertz CT molecular complexity index is 628. The molecule has 2 heterocycles. The second-order valence-corrected chi connectivity index (χ2v) is 5.18. The average Bonchev–Trinajstić information content (AvgIpc) is 3.38. The molecule has 0 spiro atoms. The molecule has 0 aromatic carbocycles. The number of hydrogen-bond acceptors (Lipinski definition) is 5. The van der Waals surface area contributed by atoms with E-state index in [4.69, 9.17) is 4.74 Å². The third-order valence-corrected chi connectivity index (χ3v) is 3.55. The molecule has 1 fully saturated rings. The molecule has 114 valence electrons. The van der Waals surface area contributed by atoms with E-state index in [2.05, 4.69) is 25.8 Å². The molecule has 1 aliphatic carbocycles. The van der Waals surface area contributed by atoms with Crippen molar-refractivity contribution in [2.75, 3.05) is 12.4 Å². The first kappa shape index (κ1) is 14.2. The van der Waals surface area contributed by atoms with Crippen LogP contribution in [0.2, 0.25) is 0 Å². The molecule has 2 amide bonds. The number of hydrogen-bond donors (Lipinski definition) is 2. The van der Waals surface area contributed by atoms with Crippen molar-refractivity contribution in [2.45, 2.75) is 18.9 Å². The number of methoxy groups -OCH3 is 1. The van der Waals surface area contributed by atoms with Gasteiger partial charge in [-0.05, 0) is 30.4 Å². The Kier molecular flexibility index (Phi) is 4.13. The van der Waals surface area contributed by atoms with Gasteiger partial charge >= 0.3 is 6.03 Å². The summed E-state index contributed by atoms with van der Waals surface area (Å²) in [6, 6.07) is 5.11. The zero-order valence-electron chi connectivity index (χ0n) is 12.2. The summed E-state index contributed by atoms with van der Waals surface area (Å²) in [6.07, 6.45) is 6.99. The van der Waals surface area contributed by atoms with Crippen LogP contribution in [0.15, 0.2) is 36.8 Å². The van der Waals surface area contributed by atoms with Crippen molar-refractivity contribution in [1.29, 1.82) is 0 Å². The monoisotopic (exact) mass is 299 g/mol. The van der Waals surface area contributed by atoms with Crippen LogP contribution in [-0.2, 0) is 0 Å². The Labute approximate surface area is 128 Å². The van der Waals surface area contributed by atoms with Gasteiger partial charge in [0.1, 0.15) is 0 Å². The van der Waals surface area contributed by atoms with Crippen molar-refractivity contribution in [1.82, 2.24) is 20.5 Å². The van der Waals surface area contributed by atoms with Crippen LogP contribution in [0, 0.1) is 5.92 Å². The SMILES string of the molecule is COc1ccc(C(NC(=O)Nc2ccnnc2)C2CC2)cn1. The number of urea groups is 1. The number of anilines is 1. The highest BCUT2D eigenvalue weighted by Crippen LogP contribution is 2.41. The Morgan fingerprint density at radius 1 is 1.27 bits per heavy atom. The molecule has 0 aliphatic heterocycles. The molecule has 0 radical (unpaired) electrons. The standard InChI is InChI=1S/C15H17N5O2/c1-22-13-5-4-11(8-16-13)14(10-2-3-10)20-15(21)19-12-6-7-17-18-9-12/h4-10,14H,2-3H2,1H3,(H2,17,19,20,21). The molecular formula is C15H17N5O2. The lowest BCUT2D eigenvalue weighted by molar-refractivity contribution is 0.247. The van der Waals surface area contributed by atoms with Gasteiger partial charge in [0.2, 0.25) is 5.88 Å². The quantitative estimate of drug-likeness (QED) is 0.883. The molecule has 3 rings (SSSR count). The summed E-state index contributed by atoms with van der Waals surface area (Å²) < 4.78 is 5.06. The Balaban J connectivity index is 1.67. The lowest BCUT2D eigenvalue weighted by Crippen LogP contribution is -2.33. The summed E-state index contributed by atoms with van der Waals surface area (Å²) >= 11 is 0. The molecular weight excluding hydrogens is 282 g/mol. The fourth-order valence-corrected chi connectivity index (χ4v) is 2.27. The number of carbonyl (C=O) groups excluding carboxylic acids is 1. The first-order chi connectivity index (χ1) is 10.8. The number of nitrogens with zero attached hydrogens (tertiary/aromatic N) is 3. The number of pyridine rings is 1. The van der Waals surface area contributed by atoms with E-state index in [1.165, 1.54) is 12.4 Å². The summed E-state index contributed by atoms with van der Waals surface area (Å²) in [5.74, 6) is 1.02. The van der Waals surface area contributed by atoms with Crippen LogP contribution in [-0.4, -0.2) is 28.3 Å². The molecule has 7 heteroatoms. The van der Waals surface area contributed by atoms with Crippen LogP contribution < -0.4 is 15.4 Å². The van der Waals surface area contributed by atoms with Gasteiger partial charge in [0.05, 0.1) is 31.2 Å². The molecule has 1 saturated carbocycles. The molecule has 2 aromatic heterocycles. The van der Waals surface area contributed by atoms with E-state index in [0.717, 1.165) is 18.4 Å². The Hall–Kier alpha value is -2.70. The van der Waals surface area contributed by atoms with E-state index in [1.54, 1.807) is 25.4 Å². The van der Waals surface area contributed by atoms with E-state index < -0.39 is 0 Å². The summed E-state index contributed by atoms with van der Waals surface area (Å²) in [4.78, 5) is 16.3. The average molecular weight is 299 g/mol. The highest BCUT2D eigenvalue weighted by atomic mass is 16.5. The second-order valence-electron chi connectivity index (χ2n) is 5.18. The minimum atomic E-state index is -0.263. The van der Waals surface area contributed by atoms with E-state index in [0.29, 0.717) is 17.5 Å². The van der Waals surface area contributed by atoms with Crippen molar-refractivity contribution in [2.24, 2.45) is 5.92 Å². The first-order valence-electron chi connectivity index (χ1n) is 7.10. The number of aromatic nitrogens is 3. The molecule has 22 heavy (non-hydrogen) atoms. The molecule has 2 aromatic rings. The molecule has 7 nitrogen and oxygen atoms in total. The predicted octanol–water partition coefficient (Wildman–Crippen LogP) is 2.15. The second kappa shape index (κ2) is 6.38. The van der Waals surface area contributed by atoms with Crippen molar-refractivity contribution in [3.05, 3.63) is 42.4 Å². The Morgan fingerprint density at radius 3 is 2.73 bits per heavy atom. The third kappa shape index (κ3) is 3.49. The largest absolute Gasteiger partial charge is 0.481 e. The fourth-order valence-electron chi connectivity index (χ4n) is 2.27. The highest BCUT2D eigenvalue weighted by molar-refractivity contribution is 5.89. The van der Waals surface area contributed by atoms with Gasteiger partial charge in [0, 0.05) is 12.3 Å². The normalized spacial score (nSPS) is 15.0. The maximum absolute atomic E-state index is 12.1. The minimum Gasteiger partial charge on any atom is -0.481 e. The number of amides is 2. The van der Waals surface area contributed by atoms with E-state index in [-0.39, 0.29) is 12.1 Å². The maximum atomic E-state index is 12.1. The zero-order valence-corrected chi connectivity index (χ0v) is 12.2. The van der Waals surface area contributed by atoms with Crippen LogP contribution in [0.1, 0.15) is 24.4 Å².